The summed E-state index contributed by atoms with van der Waals surface area (Å²) >= 11 is 0. The van der Waals surface area contributed by atoms with Gasteiger partial charge in [-0.15, -0.1) is 0 Å². The summed E-state index contributed by atoms with van der Waals surface area (Å²) in [6, 6.07) is 7.93. The first-order valence-corrected chi connectivity index (χ1v) is 6.61. The molecule has 2 heterocycles. The first-order chi connectivity index (χ1) is 9.28. The van der Waals surface area contributed by atoms with E-state index in [0.717, 1.165) is 36.5 Å². The lowest BCUT2D eigenvalue weighted by molar-refractivity contribution is 0.163. The van der Waals surface area contributed by atoms with E-state index in [1.54, 1.807) is 0 Å². The van der Waals surface area contributed by atoms with Gasteiger partial charge >= 0.3 is 0 Å². The van der Waals surface area contributed by atoms with E-state index >= 15 is 0 Å². The summed E-state index contributed by atoms with van der Waals surface area (Å²) in [6.07, 6.45) is 1.13. The van der Waals surface area contributed by atoms with Crippen LogP contribution in [0.15, 0.2) is 28.8 Å². The predicted octanol–water partition coefficient (Wildman–Crippen LogP) is 2.08. The van der Waals surface area contributed by atoms with Gasteiger partial charge in [0, 0.05) is 24.2 Å². The lowest BCUT2D eigenvalue weighted by Gasteiger charge is -2.32. The van der Waals surface area contributed by atoms with E-state index in [0.29, 0.717) is 12.4 Å². The number of aromatic nitrogens is 2. The van der Waals surface area contributed by atoms with Crippen molar-refractivity contribution in [1.82, 2.24) is 10.1 Å². The smallest absolute Gasteiger partial charge is 0.246 e. The molecule has 1 atom stereocenters. The van der Waals surface area contributed by atoms with Crippen molar-refractivity contribution in [2.24, 2.45) is 0 Å². The van der Waals surface area contributed by atoms with Crippen LogP contribution in [0.25, 0.3) is 0 Å². The highest BCUT2D eigenvalue weighted by Crippen LogP contribution is 2.33. The molecular weight excluding hydrogens is 242 g/mol. The zero-order valence-electron chi connectivity index (χ0n) is 10.9. The molecule has 0 saturated carbocycles. The van der Waals surface area contributed by atoms with Crippen LogP contribution in [0.2, 0.25) is 0 Å². The van der Waals surface area contributed by atoms with Crippen molar-refractivity contribution in [3.8, 4) is 0 Å². The van der Waals surface area contributed by atoms with E-state index in [4.69, 9.17) is 4.52 Å². The van der Waals surface area contributed by atoms with Gasteiger partial charge in [0.1, 0.15) is 0 Å². The average molecular weight is 259 g/mol. The third-order valence-electron chi connectivity index (χ3n) is 3.46. The Bertz CT molecular complexity index is 567. The van der Waals surface area contributed by atoms with Crippen LogP contribution >= 0.6 is 0 Å². The largest absolute Gasteiger partial charge is 0.388 e. The standard InChI is InChI=1S/C14H17N3O2/c1-2-13-15-14(19-16-13)9-17-8-7-12(18)10-5-3-4-6-11(10)17/h3-6,12,18H,2,7-9H2,1H3. The van der Waals surface area contributed by atoms with Gasteiger partial charge < -0.3 is 14.5 Å². The first kappa shape index (κ1) is 12.2. The number of hydrogen-bond acceptors (Lipinski definition) is 5. The fourth-order valence-corrected chi connectivity index (χ4v) is 2.44. The SMILES string of the molecule is CCc1noc(CN2CCC(O)c3ccccc32)n1. The summed E-state index contributed by atoms with van der Waals surface area (Å²) in [5, 5.41) is 13.9. The zero-order chi connectivity index (χ0) is 13.2. The molecule has 0 spiro atoms. The summed E-state index contributed by atoms with van der Waals surface area (Å²) in [5.74, 6) is 1.36. The Morgan fingerprint density at radius 3 is 3.05 bits per heavy atom. The van der Waals surface area contributed by atoms with Crippen molar-refractivity contribution < 1.29 is 9.63 Å². The second-order valence-corrected chi connectivity index (χ2v) is 4.74. The molecule has 5 nitrogen and oxygen atoms in total. The fourth-order valence-electron chi connectivity index (χ4n) is 2.44. The third-order valence-corrected chi connectivity index (χ3v) is 3.46. The van der Waals surface area contributed by atoms with Crippen molar-refractivity contribution >= 4 is 5.69 Å². The van der Waals surface area contributed by atoms with E-state index in [1.807, 2.05) is 31.2 Å². The molecular formula is C14H17N3O2. The van der Waals surface area contributed by atoms with E-state index in [1.165, 1.54) is 0 Å². The Balaban J connectivity index is 1.84. The second kappa shape index (κ2) is 5.01. The van der Waals surface area contributed by atoms with Crippen molar-refractivity contribution in [2.75, 3.05) is 11.4 Å². The Morgan fingerprint density at radius 2 is 2.26 bits per heavy atom. The van der Waals surface area contributed by atoms with Crippen molar-refractivity contribution in [1.29, 1.82) is 0 Å². The number of hydrogen-bond donors (Lipinski definition) is 1. The van der Waals surface area contributed by atoms with Crippen LogP contribution in [-0.2, 0) is 13.0 Å². The highest BCUT2D eigenvalue weighted by molar-refractivity contribution is 5.56. The molecule has 1 aromatic carbocycles. The van der Waals surface area contributed by atoms with E-state index < -0.39 is 0 Å². The maximum Gasteiger partial charge on any atom is 0.246 e. The van der Waals surface area contributed by atoms with Crippen LogP contribution < -0.4 is 4.90 Å². The molecule has 1 N–H and O–H groups in total. The van der Waals surface area contributed by atoms with Crippen molar-refractivity contribution in [2.45, 2.75) is 32.4 Å². The maximum absolute atomic E-state index is 10.0. The summed E-state index contributed by atoms with van der Waals surface area (Å²) in [6.45, 7) is 3.39. The number of aryl methyl sites for hydroxylation is 1. The van der Waals surface area contributed by atoms with Gasteiger partial charge in [-0.2, -0.15) is 4.98 Å². The number of benzene rings is 1. The topological polar surface area (TPSA) is 62.4 Å². The van der Waals surface area contributed by atoms with Gasteiger partial charge in [0.2, 0.25) is 5.89 Å². The summed E-state index contributed by atoms with van der Waals surface area (Å²) < 4.78 is 5.23. The molecule has 0 bridgehead atoms. The number of rotatable bonds is 3. The molecule has 0 radical (unpaired) electrons. The Kier molecular flexibility index (Phi) is 3.21. The monoisotopic (exact) mass is 259 g/mol. The Morgan fingerprint density at radius 1 is 1.42 bits per heavy atom. The Hall–Kier alpha value is -1.88. The molecule has 19 heavy (non-hydrogen) atoms. The third kappa shape index (κ3) is 2.33. The normalized spacial score (nSPS) is 18.4. The zero-order valence-corrected chi connectivity index (χ0v) is 10.9. The van der Waals surface area contributed by atoms with Crippen molar-refractivity contribution in [3.05, 3.63) is 41.5 Å². The molecule has 0 aliphatic carbocycles. The van der Waals surface area contributed by atoms with E-state index in [2.05, 4.69) is 15.0 Å². The minimum atomic E-state index is -0.374. The molecule has 1 aliphatic rings. The van der Waals surface area contributed by atoms with Gasteiger partial charge in [0.05, 0.1) is 12.6 Å². The molecule has 1 unspecified atom stereocenters. The highest BCUT2D eigenvalue weighted by Gasteiger charge is 2.24. The molecule has 5 heteroatoms. The lowest BCUT2D eigenvalue weighted by Crippen LogP contribution is -2.30. The molecule has 1 aromatic heterocycles. The molecule has 1 aliphatic heterocycles. The van der Waals surface area contributed by atoms with Gasteiger partial charge in [0.25, 0.3) is 0 Å². The minimum Gasteiger partial charge on any atom is -0.388 e. The molecule has 3 rings (SSSR count). The average Bonchev–Trinajstić information content (AvgIpc) is 2.90. The number of anilines is 1. The van der Waals surface area contributed by atoms with Crippen molar-refractivity contribution in [3.63, 3.8) is 0 Å². The predicted molar refractivity (Wildman–Crippen MR) is 70.7 cm³/mol. The molecule has 0 saturated heterocycles. The number of aliphatic hydroxyl groups is 1. The highest BCUT2D eigenvalue weighted by atomic mass is 16.5. The van der Waals surface area contributed by atoms with Crippen LogP contribution in [0.4, 0.5) is 5.69 Å². The Labute approximate surface area is 111 Å². The first-order valence-electron chi connectivity index (χ1n) is 6.61. The van der Waals surface area contributed by atoms with Gasteiger partial charge in [-0.05, 0) is 12.5 Å². The van der Waals surface area contributed by atoms with Gasteiger partial charge in [-0.1, -0.05) is 30.3 Å². The summed E-state index contributed by atoms with van der Waals surface area (Å²) in [5.41, 5.74) is 2.03. The molecule has 2 aromatic rings. The van der Waals surface area contributed by atoms with Crippen LogP contribution in [-0.4, -0.2) is 21.8 Å². The second-order valence-electron chi connectivity index (χ2n) is 4.74. The van der Waals surface area contributed by atoms with Gasteiger partial charge in [0.15, 0.2) is 5.82 Å². The van der Waals surface area contributed by atoms with Crippen LogP contribution in [0.5, 0.6) is 0 Å². The molecule has 0 amide bonds. The number of nitrogens with zero attached hydrogens (tertiary/aromatic N) is 3. The lowest BCUT2D eigenvalue weighted by atomic mass is 9.99. The number of para-hydroxylation sites is 1. The molecule has 100 valence electrons. The van der Waals surface area contributed by atoms with Crippen LogP contribution in [0.1, 0.15) is 36.7 Å². The van der Waals surface area contributed by atoms with Gasteiger partial charge in [-0.3, -0.25) is 0 Å². The number of aliphatic hydroxyl groups excluding tert-OH is 1. The maximum atomic E-state index is 10.0. The fraction of sp³-hybridized carbons (Fsp3) is 0.429. The summed E-state index contributed by atoms with van der Waals surface area (Å²) in [7, 11) is 0. The molecule has 0 fully saturated rings. The minimum absolute atomic E-state index is 0.374. The number of fused-ring (bicyclic) bond motifs is 1. The summed E-state index contributed by atoms with van der Waals surface area (Å²) in [4.78, 5) is 6.51. The van der Waals surface area contributed by atoms with E-state index in [9.17, 15) is 5.11 Å². The quantitative estimate of drug-likeness (QED) is 0.914. The van der Waals surface area contributed by atoms with E-state index in [-0.39, 0.29) is 6.10 Å². The van der Waals surface area contributed by atoms with Crippen LogP contribution in [0.3, 0.4) is 0 Å². The van der Waals surface area contributed by atoms with Crippen LogP contribution in [0, 0.1) is 0 Å². The van der Waals surface area contributed by atoms with Gasteiger partial charge in [-0.25, -0.2) is 0 Å².